The van der Waals surface area contributed by atoms with Crippen molar-refractivity contribution in [3.8, 4) is 0 Å². The summed E-state index contributed by atoms with van der Waals surface area (Å²) in [4.78, 5) is 55.4. The highest BCUT2D eigenvalue weighted by Gasteiger charge is 2.23. The standard InChI is InChI=1S/C20H25N5O4/c1-3-7-21-17(26)13-23-8-10-24(11-9-23)18(27)14-5-6-15-16(12-14)22-20(29)25(4-2)19(15)28/h3,5-6,12H,1,4,7-11,13H2,2H3,(H,21,26)(H,22,29). The Hall–Kier alpha value is -3.20. The van der Waals surface area contributed by atoms with E-state index in [1.54, 1.807) is 36.1 Å². The monoisotopic (exact) mass is 399 g/mol. The van der Waals surface area contributed by atoms with Gasteiger partial charge in [-0.2, -0.15) is 0 Å². The molecule has 0 spiro atoms. The maximum Gasteiger partial charge on any atom is 0.328 e. The number of carbonyl (C=O) groups is 2. The fourth-order valence-corrected chi connectivity index (χ4v) is 3.41. The molecule has 2 heterocycles. The molecule has 0 aliphatic carbocycles. The molecular weight excluding hydrogens is 374 g/mol. The summed E-state index contributed by atoms with van der Waals surface area (Å²) in [6, 6.07) is 4.74. The minimum atomic E-state index is -0.488. The lowest BCUT2D eigenvalue weighted by Gasteiger charge is -2.34. The molecule has 2 N–H and O–H groups in total. The third kappa shape index (κ3) is 4.45. The van der Waals surface area contributed by atoms with Crippen LogP contribution in [0.25, 0.3) is 10.9 Å². The summed E-state index contributed by atoms with van der Waals surface area (Å²) >= 11 is 0. The van der Waals surface area contributed by atoms with E-state index in [2.05, 4.69) is 16.9 Å². The third-order valence-corrected chi connectivity index (χ3v) is 5.02. The van der Waals surface area contributed by atoms with E-state index in [1.807, 2.05) is 4.90 Å². The average Bonchev–Trinajstić information content (AvgIpc) is 2.72. The Morgan fingerprint density at radius 3 is 2.59 bits per heavy atom. The van der Waals surface area contributed by atoms with Crippen molar-refractivity contribution >= 4 is 22.7 Å². The summed E-state index contributed by atoms with van der Waals surface area (Å²) < 4.78 is 1.12. The Morgan fingerprint density at radius 1 is 1.21 bits per heavy atom. The number of hydrogen-bond donors (Lipinski definition) is 2. The summed E-state index contributed by atoms with van der Waals surface area (Å²) in [5.41, 5.74) is -0.0846. The van der Waals surface area contributed by atoms with Crippen molar-refractivity contribution in [1.82, 2.24) is 24.7 Å². The average molecular weight is 399 g/mol. The number of piperazine rings is 1. The largest absolute Gasteiger partial charge is 0.352 e. The molecule has 2 aromatic rings. The molecule has 1 aromatic heterocycles. The van der Waals surface area contributed by atoms with Crippen LogP contribution in [0.2, 0.25) is 0 Å². The Balaban J connectivity index is 1.69. The number of aromatic amines is 1. The summed E-state index contributed by atoms with van der Waals surface area (Å²) in [6.07, 6.45) is 1.63. The second-order valence-electron chi connectivity index (χ2n) is 6.90. The second-order valence-corrected chi connectivity index (χ2v) is 6.90. The number of fused-ring (bicyclic) bond motifs is 1. The first kappa shape index (κ1) is 20.5. The summed E-state index contributed by atoms with van der Waals surface area (Å²) in [5, 5.41) is 3.11. The fourth-order valence-electron chi connectivity index (χ4n) is 3.41. The summed E-state index contributed by atoms with van der Waals surface area (Å²) in [7, 11) is 0. The lowest BCUT2D eigenvalue weighted by molar-refractivity contribution is -0.122. The minimum Gasteiger partial charge on any atom is -0.352 e. The van der Waals surface area contributed by atoms with Gasteiger partial charge in [-0.05, 0) is 25.1 Å². The molecule has 1 aliphatic heterocycles. The van der Waals surface area contributed by atoms with Gasteiger partial charge >= 0.3 is 5.69 Å². The Bertz CT molecular complexity index is 1050. The number of hydrogen-bond acceptors (Lipinski definition) is 5. The number of amides is 2. The van der Waals surface area contributed by atoms with Crippen molar-refractivity contribution in [2.24, 2.45) is 0 Å². The molecule has 0 unspecified atom stereocenters. The zero-order chi connectivity index (χ0) is 21.0. The summed E-state index contributed by atoms with van der Waals surface area (Å²) in [6.45, 7) is 8.48. The molecule has 0 bridgehead atoms. The third-order valence-electron chi connectivity index (χ3n) is 5.02. The molecule has 9 heteroatoms. The topological polar surface area (TPSA) is 108 Å². The number of aromatic nitrogens is 2. The van der Waals surface area contributed by atoms with Crippen LogP contribution in [0.3, 0.4) is 0 Å². The smallest absolute Gasteiger partial charge is 0.328 e. The highest BCUT2D eigenvalue weighted by Crippen LogP contribution is 2.13. The molecule has 9 nitrogen and oxygen atoms in total. The molecule has 1 aromatic carbocycles. The second kappa shape index (κ2) is 8.87. The van der Waals surface area contributed by atoms with Gasteiger partial charge in [0.25, 0.3) is 11.5 Å². The lowest BCUT2D eigenvalue weighted by Crippen LogP contribution is -2.51. The molecule has 3 rings (SSSR count). The molecule has 0 radical (unpaired) electrons. The summed E-state index contributed by atoms with van der Waals surface area (Å²) in [5.74, 6) is -0.232. The van der Waals surface area contributed by atoms with Gasteiger partial charge in [-0.25, -0.2) is 4.79 Å². The first-order valence-corrected chi connectivity index (χ1v) is 9.60. The van der Waals surface area contributed by atoms with Gasteiger partial charge in [-0.15, -0.1) is 6.58 Å². The highest BCUT2D eigenvalue weighted by atomic mass is 16.2. The van der Waals surface area contributed by atoms with Crippen LogP contribution in [0.5, 0.6) is 0 Å². The number of nitrogens with one attached hydrogen (secondary N) is 2. The van der Waals surface area contributed by atoms with Crippen LogP contribution >= 0.6 is 0 Å². The van der Waals surface area contributed by atoms with Crippen LogP contribution in [0.15, 0.2) is 40.4 Å². The molecule has 29 heavy (non-hydrogen) atoms. The lowest BCUT2D eigenvalue weighted by atomic mass is 10.1. The quantitative estimate of drug-likeness (QED) is 0.653. The molecule has 1 saturated heterocycles. The predicted octanol–water partition coefficient (Wildman–Crippen LogP) is -0.230. The van der Waals surface area contributed by atoms with E-state index < -0.39 is 5.69 Å². The van der Waals surface area contributed by atoms with Crippen molar-refractivity contribution in [2.75, 3.05) is 39.3 Å². The van der Waals surface area contributed by atoms with E-state index in [0.29, 0.717) is 49.2 Å². The molecule has 0 saturated carbocycles. The maximum atomic E-state index is 12.8. The molecule has 1 aliphatic rings. The van der Waals surface area contributed by atoms with Crippen LogP contribution in [-0.2, 0) is 11.3 Å². The first-order valence-electron chi connectivity index (χ1n) is 9.60. The Labute approximate surface area is 167 Å². The molecule has 2 amide bonds. The zero-order valence-corrected chi connectivity index (χ0v) is 16.4. The van der Waals surface area contributed by atoms with Crippen LogP contribution in [-0.4, -0.2) is 70.4 Å². The Morgan fingerprint density at radius 2 is 1.93 bits per heavy atom. The zero-order valence-electron chi connectivity index (χ0n) is 16.4. The van der Waals surface area contributed by atoms with Gasteiger partial charge < -0.3 is 15.2 Å². The van der Waals surface area contributed by atoms with Crippen molar-refractivity contribution in [3.05, 3.63) is 57.3 Å². The number of H-pyrrole nitrogens is 1. The van der Waals surface area contributed by atoms with Gasteiger partial charge in [0.05, 0.1) is 17.4 Å². The SMILES string of the molecule is C=CCNC(=O)CN1CCN(C(=O)c2ccc3c(=O)n(CC)c(=O)[nH]c3c2)CC1. The van der Waals surface area contributed by atoms with Crippen LogP contribution in [0, 0.1) is 0 Å². The van der Waals surface area contributed by atoms with Crippen molar-refractivity contribution in [1.29, 1.82) is 0 Å². The first-order chi connectivity index (χ1) is 13.9. The molecule has 1 fully saturated rings. The van der Waals surface area contributed by atoms with Crippen LogP contribution < -0.4 is 16.6 Å². The fraction of sp³-hybridized carbons (Fsp3) is 0.400. The number of nitrogens with zero attached hydrogens (tertiary/aromatic N) is 3. The van der Waals surface area contributed by atoms with E-state index in [1.165, 1.54) is 0 Å². The molecule has 0 atom stereocenters. The van der Waals surface area contributed by atoms with Crippen molar-refractivity contribution in [2.45, 2.75) is 13.5 Å². The van der Waals surface area contributed by atoms with Crippen LogP contribution in [0.1, 0.15) is 17.3 Å². The number of rotatable bonds is 6. The molecule has 154 valence electrons. The van der Waals surface area contributed by atoms with E-state index in [4.69, 9.17) is 0 Å². The van der Waals surface area contributed by atoms with Crippen molar-refractivity contribution < 1.29 is 9.59 Å². The maximum absolute atomic E-state index is 12.8. The van der Waals surface area contributed by atoms with Crippen molar-refractivity contribution in [3.63, 3.8) is 0 Å². The highest BCUT2D eigenvalue weighted by molar-refractivity contribution is 5.97. The van der Waals surface area contributed by atoms with Crippen LogP contribution in [0.4, 0.5) is 0 Å². The Kier molecular flexibility index (Phi) is 6.28. The van der Waals surface area contributed by atoms with Gasteiger partial charge in [0.1, 0.15) is 0 Å². The van der Waals surface area contributed by atoms with Gasteiger partial charge in [0.15, 0.2) is 0 Å². The van der Waals surface area contributed by atoms with Gasteiger partial charge in [-0.3, -0.25) is 23.9 Å². The van der Waals surface area contributed by atoms with E-state index in [9.17, 15) is 19.2 Å². The van der Waals surface area contributed by atoms with E-state index in [-0.39, 0.29) is 30.5 Å². The predicted molar refractivity (Wildman–Crippen MR) is 110 cm³/mol. The van der Waals surface area contributed by atoms with Gasteiger partial charge in [-0.1, -0.05) is 6.08 Å². The van der Waals surface area contributed by atoms with Gasteiger partial charge in [0, 0.05) is 44.8 Å². The van der Waals surface area contributed by atoms with E-state index in [0.717, 1.165) is 4.57 Å². The van der Waals surface area contributed by atoms with E-state index >= 15 is 0 Å². The normalized spacial score (nSPS) is 14.7. The number of carbonyl (C=O) groups excluding carboxylic acids is 2. The number of benzene rings is 1. The van der Waals surface area contributed by atoms with Gasteiger partial charge in [0.2, 0.25) is 5.91 Å². The molecular formula is C20H25N5O4. The minimum absolute atomic E-state index is 0.0686.